The first-order valence-electron chi connectivity index (χ1n) is 6.78. The molecule has 23 heavy (non-hydrogen) atoms. The predicted octanol–water partition coefficient (Wildman–Crippen LogP) is 4.31. The topological polar surface area (TPSA) is 76.1 Å². The van der Waals surface area contributed by atoms with Crippen molar-refractivity contribution in [1.29, 1.82) is 0 Å². The minimum absolute atomic E-state index is 0.525. The Balaban J connectivity index is 1.99. The van der Waals surface area contributed by atoms with Crippen molar-refractivity contribution >= 4 is 50.1 Å². The van der Waals surface area contributed by atoms with E-state index in [2.05, 4.69) is 41.3 Å². The average Bonchev–Trinajstić information content (AvgIpc) is 2.55. The highest BCUT2D eigenvalue weighted by molar-refractivity contribution is 9.10. The van der Waals surface area contributed by atoms with Crippen LogP contribution in [0.4, 0.5) is 22.0 Å². The third kappa shape index (κ3) is 3.57. The Morgan fingerprint density at radius 2 is 2.00 bits per heavy atom. The highest BCUT2D eigenvalue weighted by atomic mass is 79.9. The molecule has 3 rings (SSSR count). The van der Waals surface area contributed by atoms with Crippen molar-refractivity contribution in [3.8, 4) is 0 Å². The standard InChI is InChI=1S/C16H13BrN4O2/c1-23-16(22)21-12-5-6-14-13(8-12)15(19-9-18-14)20-11-4-2-3-10(17)7-11/h2-9H,1H3,(H,21,22)(H,18,19,20). The van der Waals surface area contributed by atoms with Gasteiger partial charge in [-0.05, 0) is 36.4 Å². The van der Waals surface area contributed by atoms with Gasteiger partial charge in [0.2, 0.25) is 0 Å². The van der Waals surface area contributed by atoms with Crippen LogP contribution < -0.4 is 10.6 Å². The molecule has 2 N–H and O–H groups in total. The monoisotopic (exact) mass is 372 g/mol. The van der Waals surface area contributed by atoms with Crippen LogP contribution >= 0.6 is 15.9 Å². The number of amides is 1. The van der Waals surface area contributed by atoms with E-state index in [1.54, 1.807) is 12.1 Å². The number of aromatic nitrogens is 2. The number of hydrogen-bond donors (Lipinski definition) is 2. The lowest BCUT2D eigenvalue weighted by molar-refractivity contribution is 0.187. The molecule has 0 atom stereocenters. The molecular weight excluding hydrogens is 360 g/mol. The van der Waals surface area contributed by atoms with Gasteiger partial charge in [0.1, 0.15) is 12.1 Å². The van der Waals surface area contributed by atoms with Gasteiger partial charge in [-0.2, -0.15) is 0 Å². The number of nitrogens with one attached hydrogen (secondary N) is 2. The fourth-order valence-electron chi connectivity index (χ4n) is 2.11. The zero-order valence-corrected chi connectivity index (χ0v) is 13.8. The minimum Gasteiger partial charge on any atom is -0.453 e. The van der Waals surface area contributed by atoms with E-state index in [1.165, 1.54) is 13.4 Å². The summed E-state index contributed by atoms with van der Waals surface area (Å²) in [5.41, 5.74) is 2.27. The third-order valence-corrected chi connectivity index (χ3v) is 3.65. The number of carbonyl (C=O) groups excluding carboxylic acids is 1. The summed E-state index contributed by atoms with van der Waals surface area (Å²) < 4.78 is 5.57. The second kappa shape index (κ2) is 6.62. The van der Waals surface area contributed by atoms with Gasteiger partial charge in [-0.1, -0.05) is 22.0 Å². The highest BCUT2D eigenvalue weighted by Gasteiger charge is 2.07. The molecule has 1 amide bonds. The number of hydrogen-bond acceptors (Lipinski definition) is 5. The lowest BCUT2D eigenvalue weighted by Crippen LogP contribution is -2.10. The molecule has 0 saturated carbocycles. The molecule has 0 unspecified atom stereocenters. The summed E-state index contributed by atoms with van der Waals surface area (Å²) in [6, 6.07) is 13.1. The van der Waals surface area contributed by atoms with Crippen molar-refractivity contribution in [1.82, 2.24) is 9.97 Å². The summed E-state index contributed by atoms with van der Waals surface area (Å²) in [4.78, 5) is 19.9. The largest absolute Gasteiger partial charge is 0.453 e. The van der Waals surface area contributed by atoms with Crippen LogP contribution in [-0.4, -0.2) is 23.2 Å². The number of methoxy groups -OCH3 is 1. The van der Waals surface area contributed by atoms with Crippen LogP contribution in [0.3, 0.4) is 0 Å². The molecule has 0 aliphatic rings. The van der Waals surface area contributed by atoms with E-state index in [1.807, 2.05) is 30.3 Å². The molecule has 0 fully saturated rings. The lowest BCUT2D eigenvalue weighted by Gasteiger charge is -2.10. The first-order chi connectivity index (χ1) is 11.2. The van der Waals surface area contributed by atoms with E-state index in [-0.39, 0.29) is 0 Å². The van der Waals surface area contributed by atoms with Crippen LogP contribution in [0.25, 0.3) is 10.9 Å². The summed E-state index contributed by atoms with van der Waals surface area (Å²) in [7, 11) is 1.32. The van der Waals surface area contributed by atoms with Gasteiger partial charge >= 0.3 is 6.09 Å². The van der Waals surface area contributed by atoms with Crippen LogP contribution in [-0.2, 0) is 4.74 Å². The molecule has 1 aromatic heterocycles. The Bertz CT molecular complexity index is 870. The van der Waals surface area contributed by atoms with Crippen LogP contribution in [0.5, 0.6) is 0 Å². The molecule has 0 aliphatic heterocycles. The molecule has 116 valence electrons. The van der Waals surface area contributed by atoms with Crippen LogP contribution in [0.15, 0.2) is 53.3 Å². The van der Waals surface area contributed by atoms with E-state index in [4.69, 9.17) is 0 Å². The van der Waals surface area contributed by atoms with Crippen LogP contribution in [0.2, 0.25) is 0 Å². The fourth-order valence-corrected chi connectivity index (χ4v) is 2.51. The SMILES string of the molecule is COC(=O)Nc1ccc2ncnc(Nc3cccc(Br)c3)c2c1. The first-order valence-corrected chi connectivity index (χ1v) is 7.57. The molecule has 3 aromatic rings. The molecular formula is C16H13BrN4O2. The Morgan fingerprint density at radius 3 is 2.78 bits per heavy atom. The summed E-state index contributed by atoms with van der Waals surface area (Å²) in [6.07, 6.45) is 0.971. The number of ether oxygens (including phenoxy) is 1. The zero-order valence-electron chi connectivity index (χ0n) is 12.2. The molecule has 0 saturated heterocycles. The number of nitrogens with zero attached hydrogens (tertiary/aromatic N) is 2. The number of rotatable bonds is 3. The summed E-state index contributed by atoms with van der Waals surface area (Å²) >= 11 is 3.44. The third-order valence-electron chi connectivity index (χ3n) is 3.15. The molecule has 1 heterocycles. The molecule has 0 spiro atoms. The maximum absolute atomic E-state index is 11.3. The van der Waals surface area contributed by atoms with Crippen molar-refractivity contribution < 1.29 is 9.53 Å². The van der Waals surface area contributed by atoms with E-state index < -0.39 is 6.09 Å². The maximum atomic E-state index is 11.3. The van der Waals surface area contributed by atoms with Gasteiger partial charge in [-0.15, -0.1) is 0 Å². The van der Waals surface area contributed by atoms with E-state index in [0.717, 1.165) is 21.1 Å². The maximum Gasteiger partial charge on any atom is 0.411 e. The predicted molar refractivity (Wildman–Crippen MR) is 93.0 cm³/mol. The van der Waals surface area contributed by atoms with Crippen molar-refractivity contribution in [2.75, 3.05) is 17.7 Å². The Hall–Kier alpha value is -2.67. The van der Waals surface area contributed by atoms with E-state index in [0.29, 0.717) is 11.5 Å². The summed E-state index contributed by atoms with van der Waals surface area (Å²) in [5, 5.41) is 6.68. The number of halogens is 1. The van der Waals surface area contributed by atoms with E-state index in [9.17, 15) is 4.79 Å². The van der Waals surface area contributed by atoms with Crippen LogP contribution in [0, 0.1) is 0 Å². The molecule has 2 aromatic carbocycles. The lowest BCUT2D eigenvalue weighted by atomic mass is 10.2. The molecule has 0 bridgehead atoms. The van der Waals surface area contributed by atoms with E-state index >= 15 is 0 Å². The Kier molecular flexibility index (Phi) is 4.38. The average molecular weight is 373 g/mol. The van der Waals surface area contributed by atoms with Gasteiger partial charge in [0.15, 0.2) is 0 Å². The normalized spacial score (nSPS) is 10.3. The molecule has 0 radical (unpaired) electrons. The van der Waals surface area contributed by atoms with Gasteiger partial charge in [-0.25, -0.2) is 14.8 Å². The van der Waals surface area contributed by atoms with Gasteiger partial charge < -0.3 is 10.1 Å². The fraction of sp³-hybridized carbons (Fsp3) is 0.0625. The summed E-state index contributed by atoms with van der Waals surface area (Å²) in [6.45, 7) is 0. The summed E-state index contributed by atoms with van der Waals surface area (Å²) in [5.74, 6) is 0.654. The number of fused-ring (bicyclic) bond motifs is 1. The second-order valence-electron chi connectivity index (χ2n) is 4.71. The van der Waals surface area contributed by atoms with Crippen LogP contribution in [0.1, 0.15) is 0 Å². The van der Waals surface area contributed by atoms with Crippen molar-refractivity contribution in [3.05, 3.63) is 53.3 Å². The smallest absolute Gasteiger partial charge is 0.411 e. The second-order valence-corrected chi connectivity index (χ2v) is 5.62. The highest BCUT2D eigenvalue weighted by Crippen LogP contribution is 2.26. The van der Waals surface area contributed by atoms with Gasteiger partial charge in [-0.3, -0.25) is 5.32 Å². The number of benzene rings is 2. The van der Waals surface area contributed by atoms with Gasteiger partial charge in [0.05, 0.1) is 12.6 Å². The Labute approximate surface area is 141 Å². The number of anilines is 3. The van der Waals surface area contributed by atoms with Crippen molar-refractivity contribution in [2.24, 2.45) is 0 Å². The Morgan fingerprint density at radius 1 is 1.13 bits per heavy atom. The zero-order chi connectivity index (χ0) is 16.2. The van der Waals surface area contributed by atoms with Gasteiger partial charge in [0.25, 0.3) is 0 Å². The molecule has 7 heteroatoms. The van der Waals surface area contributed by atoms with Gasteiger partial charge in [0, 0.05) is 21.2 Å². The molecule has 0 aliphatic carbocycles. The minimum atomic E-state index is -0.525. The molecule has 6 nitrogen and oxygen atoms in total. The van der Waals surface area contributed by atoms with Crippen molar-refractivity contribution in [3.63, 3.8) is 0 Å². The number of carbonyl (C=O) groups is 1. The van der Waals surface area contributed by atoms with Crippen molar-refractivity contribution in [2.45, 2.75) is 0 Å². The first kappa shape index (κ1) is 15.2. The quantitative estimate of drug-likeness (QED) is 0.715.